The number of aliphatic carboxylic acids is 1. The Kier molecular flexibility index (Phi) is 3.06. The molecule has 2 heterocycles. The molecule has 2 saturated heterocycles. The quantitative estimate of drug-likeness (QED) is 0.687. The van der Waals surface area contributed by atoms with Crippen LogP contribution in [0.5, 0.6) is 0 Å². The molecule has 0 radical (unpaired) electrons. The molecule has 0 spiro atoms. The number of nitrogens with zero attached hydrogens (tertiary/aromatic N) is 1. The molecular formula is C11H16N2O5S. The van der Waals surface area contributed by atoms with Gasteiger partial charge in [0.15, 0.2) is 6.10 Å². The molecule has 2 N–H and O–H groups in total. The Morgan fingerprint density at radius 3 is 2.47 bits per heavy atom. The van der Waals surface area contributed by atoms with Gasteiger partial charge in [-0.25, -0.2) is 4.79 Å². The minimum Gasteiger partial charge on any atom is -0.478 e. The van der Waals surface area contributed by atoms with Gasteiger partial charge in [-0.1, -0.05) is 0 Å². The predicted molar refractivity (Wildman–Crippen MR) is 67.3 cm³/mol. The number of methoxy groups -OCH3 is 1. The van der Waals surface area contributed by atoms with Crippen molar-refractivity contribution in [1.29, 1.82) is 0 Å². The van der Waals surface area contributed by atoms with E-state index in [2.05, 4.69) is 5.32 Å². The largest absolute Gasteiger partial charge is 0.478 e. The van der Waals surface area contributed by atoms with Gasteiger partial charge in [0.2, 0.25) is 11.6 Å². The van der Waals surface area contributed by atoms with Crippen LogP contribution < -0.4 is 5.32 Å². The smallest absolute Gasteiger partial charge is 0.352 e. The van der Waals surface area contributed by atoms with Crippen molar-refractivity contribution in [3.05, 3.63) is 0 Å². The van der Waals surface area contributed by atoms with E-state index >= 15 is 0 Å². The van der Waals surface area contributed by atoms with E-state index in [1.54, 1.807) is 13.8 Å². The van der Waals surface area contributed by atoms with Crippen LogP contribution >= 0.6 is 11.8 Å². The van der Waals surface area contributed by atoms with E-state index in [0.717, 1.165) is 0 Å². The van der Waals surface area contributed by atoms with Crippen LogP contribution in [0, 0.1) is 0 Å². The maximum atomic E-state index is 12.0. The van der Waals surface area contributed by atoms with Gasteiger partial charge in [0, 0.05) is 14.0 Å². The van der Waals surface area contributed by atoms with Gasteiger partial charge in [-0.2, -0.15) is 0 Å². The van der Waals surface area contributed by atoms with Crippen LogP contribution in [-0.4, -0.2) is 56.8 Å². The number of β-lactam (4-membered cyclic amide) rings is 1. The number of carbonyl (C=O) groups is 3. The Hall–Kier alpha value is -1.28. The maximum absolute atomic E-state index is 12.0. The molecule has 8 heteroatoms. The molecule has 7 nitrogen and oxygen atoms in total. The van der Waals surface area contributed by atoms with Crippen LogP contribution in [0.2, 0.25) is 0 Å². The van der Waals surface area contributed by atoms with Crippen LogP contribution in [0.1, 0.15) is 20.8 Å². The number of hydrogen-bond acceptors (Lipinski definition) is 5. The molecule has 0 saturated carbocycles. The Morgan fingerprint density at radius 2 is 2.05 bits per heavy atom. The molecule has 3 atom stereocenters. The first-order chi connectivity index (χ1) is 8.69. The Labute approximate surface area is 114 Å². The van der Waals surface area contributed by atoms with E-state index in [-0.39, 0.29) is 0 Å². The minimum atomic E-state index is -1.74. The molecule has 106 valence electrons. The van der Waals surface area contributed by atoms with E-state index < -0.39 is 39.7 Å². The molecule has 2 amide bonds. The third kappa shape index (κ3) is 1.59. The van der Waals surface area contributed by atoms with Crippen molar-refractivity contribution in [1.82, 2.24) is 10.2 Å². The second-order valence-electron chi connectivity index (χ2n) is 5.08. The average Bonchev–Trinajstić information content (AvgIpc) is 2.45. The summed E-state index contributed by atoms with van der Waals surface area (Å²) in [4.78, 5) is 36.4. The lowest BCUT2D eigenvalue weighted by atomic mass is 9.89. The molecule has 0 aromatic heterocycles. The normalized spacial score (nSPS) is 35.6. The van der Waals surface area contributed by atoms with Crippen molar-refractivity contribution >= 4 is 29.5 Å². The number of fused-ring (bicyclic) bond motifs is 1. The van der Waals surface area contributed by atoms with Gasteiger partial charge < -0.3 is 15.2 Å². The first-order valence-electron chi connectivity index (χ1n) is 5.75. The van der Waals surface area contributed by atoms with Gasteiger partial charge in [-0.05, 0) is 13.8 Å². The third-order valence-corrected chi connectivity index (χ3v) is 5.15. The van der Waals surface area contributed by atoms with Crippen molar-refractivity contribution in [3.63, 3.8) is 0 Å². The number of nitrogens with one attached hydrogen (secondary N) is 1. The molecule has 0 aromatic rings. The number of thioether (sulfide) groups is 1. The molecule has 0 aliphatic carbocycles. The lowest BCUT2D eigenvalue weighted by Crippen LogP contribution is -2.78. The summed E-state index contributed by atoms with van der Waals surface area (Å²) < 4.78 is 4.20. The maximum Gasteiger partial charge on any atom is 0.352 e. The zero-order valence-corrected chi connectivity index (χ0v) is 11.9. The molecule has 2 fully saturated rings. The average molecular weight is 288 g/mol. The van der Waals surface area contributed by atoms with E-state index in [1.165, 1.54) is 30.7 Å². The second-order valence-corrected chi connectivity index (χ2v) is 6.82. The topological polar surface area (TPSA) is 95.9 Å². The third-order valence-electron chi connectivity index (χ3n) is 3.56. The molecular weight excluding hydrogens is 272 g/mol. The zero-order chi connectivity index (χ0) is 14.6. The standard InChI is InChI=1S/C11H16N2O5S/c1-5(14)12-11(9(16)17)10(2,3)19-8-6(18-4)7(15)13(8)11/h6,8H,1-4H3,(H,12,14)(H,16,17)/t6-,8-,11+/m1/s1. The Bertz CT molecular complexity index is 466. The van der Waals surface area contributed by atoms with Gasteiger partial charge in [0.05, 0.1) is 4.75 Å². The number of rotatable bonds is 3. The SMILES string of the molecule is CO[C@@H]1C(=O)N2[C@@H]1SC(C)(C)[C@]2(NC(C)=O)C(=O)O. The Morgan fingerprint density at radius 1 is 1.47 bits per heavy atom. The van der Waals surface area contributed by atoms with Gasteiger partial charge in [-0.3, -0.25) is 14.5 Å². The van der Waals surface area contributed by atoms with Crippen LogP contribution in [0.15, 0.2) is 0 Å². The van der Waals surface area contributed by atoms with E-state index in [1.807, 2.05) is 0 Å². The van der Waals surface area contributed by atoms with Crippen LogP contribution in [-0.2, 0) is 19.1 Å². The van der Waals surface area contributed by atoms with Crippen molar-refractivity contribution in [2.75, 3.05) is 7.11 Å². The fourth-order valence-corrected chi connectivity index (χ4v) is 4.41. The number of hydrogen-bond donors (Lipinski definition) is 2. The first-order valence-corrected chi connectivity index (χ1v) is 6.63. The summed E-state index contributed by atoms with van der Waals surface area (Å²) in [6.45, 7) is 4.62. The summed E-state index contributed by atoms with van der Waals surface area (Å²) >= 11 is 1.32. The van der Waals surface area contributed by atoms with Crippen LogP contribution in [0.3, 0.4) is 0 Å². The fourth-order valence-electron chi connectivity index (χ4n) is 2.68. The molecule has 2 aliphatic heterocycles. The van der Waals surface area contributed by atoms with E-state index in [4.69, 9.17) is 4.74 Å². The van der Waals surface area contributed by atoms with Crippen LogP contribution in [0.25, 0.3) is 0 Å². The van der Waals surface area contributed by atoms with Crippen LogP contribution in [0.4, 0.5) is 0 Å². The lowest BCUT2D eigenvalue weighted by Gasteiger charge is -2.48. The highest BCUT2D eigenvalue weighted by Crippen LogP contribution is 2.56. The molecule has 2 rings (SSSR count). The predicted octanol–water partition coefficient (Wildman–Crippen LogP) is -0.388. The first kappa shape index (κ1) is 14.1. The summed E-state index contributed by atoms with van der Waals surface area (Å²) in [7, 11) is 1.41. The van der Waals surface area contributed by atoms with Gasteiger partial charge >= 0.3 is 5.97 Å². The zero-order valence-electron chi connectivity index (χ0n) is 11.1. The lowest BCUT2D eigenvalue weighted by molar-refractivity contribution is -0.187. The number of carbonyl (C=O) groups excluding carboxylic acids is 2. The van der Waals surface area contributed by atoms with Gasteiger partial charge in [0.1, 0.15) is 5.37 Å². The molecule has 0 bridgehead atoms. The summed E-state index contributed by atoms with van der Waals surface area (Å²) in [5.74, 6) is -2.15. The molecule has 2 aliphatic rings. The van der Waals surface area contributed by atoms with Gasteiger partial charge in [-0.15, -0.1) is 11.8 Å². The molecule has 0 unspecified atom stereocenters. The fraction of sp³-hybridized carbons (Fsp3) is 0.727. The van der Waals surface area contributed by atoms with Crippen molar-refractivity contribution in [3.8, 4) is 0 Å². The minimum absolute atomic E-state index is 0.393. The molecule has 0 aromatic carbocycles. The number of carboxylic acid groups (broad SMARTS) is 1. The van der Waals surface area contributed by atoms with Gasteiger partial charge in [0.25, 0.3) is 5.91 Å². The van der Waals surface area contributed by atoms with E-state index in [9.17, 15) is 19.5 Å². The Balaban J connectivity index is 2.49. The van der Waals surface area contributed by atoms with Crippen molar-refractivity contribution in [2.24, 2.45) is 0 Å². The monoisotopic (exact) mass is 288 g/mol. The van der Waals surface area contributed by atoms with Crippen molar-refractivity contribution < 1.29 is 24.2 Å². The highest BCUT2D eigenvalue weighted by Gasteiger charge is 2.73. The summed E-state index contributed by atoms with van der Waals surface area (Å²) in [5.41, 5.74) is -1.74. The highest BCUT2D eigenvalue weighted by atomic mass is 32.2. The number of carboxylic acids is 1. The summed E-state index contributed by atoms with van der Waals surface area (Å²) in [6.07, 6.45) is -0.653. The summed E-state index contributed by atoms with van der Waals surface area (Å²) in [5, 5.41) is 11.6. The second kappa shape index (κ2) is 4.11. The highest BCUT2D eigenvalue weighted by molar-refractivity contribution is 8.01. The summed E-state index contributed by atoms with van der Waals surface area (Å²) in [6, 6.07) is 0. The van der Waals surface area contributed by atoms with E-state index in [0.29, 0.717) is 0 Å². The number of amides is 2. The number of ether oxygens (including phenoxy) is 1. The van der Waals surface area contributed by atoms with Crippen molar-refractivity contribution in [2.45, 2.75) is 42.7 Å². The molecule has 19 heavy (non-hydrogen) atoms.